The summed E-state index contributed by atoms with van der Waals surface area (Å²) < 4.78 is 5.43. The lowest BCUT2D eigenvalue weighted by atomic mass is 10.1. The van der Waals surface area contributed by atoms with Gasteiger partial charge in [-0.05, 0) is 26.2 Å². The molecule has 0 amide bonds. The van der Waals surface area contributed by atoms with Gasteiger partial charge in [0, 0.05) is 30.1 Å². The van der Waals surface area contributed by atoms with Crippen molar-refractivity contribution in [3.63, 3.8) is 0 Å². The fourth-order valence-corrected chi connectivity index (χ4v) is 3.43. The van der Waals surface area contributed by atoms with Crippen LogP contribution in [-0.4, -0.2) is 24.7 Å². The minimum absolute atomic E-state index is 0.0580. The SMILES string of the molecule is COC(C)c1nc(-c2ccccc2)c(CCNC2CC2)s1. The topological polar surface area (TPSA) is 34.1 Å². The molecule has 1 aliphatic carbocycles. The summed E-state index contributed by atoms with van der Waals surface area (Å²) in [6.07, 6.45) is 3.76. The van der Waals surface area contributed by atoms with Crippen LogP contribution in [0.2, 0.25) is 0 Å². The zero-order valence-electron chi connectivity index (χ0n) is 12.6. The molecule has 1 heterocycles. The molecule has 1 saturated carbocycles. The molecule has 112 valence electrons. The van der Waals surface area contributed by atoms with Crippen molar-refractivity contribution in [3.8, 4) is 11.3 Å². The summed E-state index contributed by atoms with van der Waals surface area (Å²) in [5.74, 6) is 0. The second-order valence-electron chi connectivity index (χ2n) is 5.55. The first kappa shape index (κ1) is 14.7. The number of aromatic nitrogens is 1. The third-order valence-corrected chi connectivity index (χ3v) is 5.10. The highest BCUT2D eigenvalue weighted by Gasteiger charge is 2.21. The van der Waals surface area contributed by atoms with Crippen molar-refractivity contribution in [2.75, 3.05) is 13.7 Å². The lowest BCUT2D eigenvalue weighted by molar-refractivity contribution is 0.119. The van der Waals surface area contributed by atoms with Crippen LogP contribution in [0, 0.1) is 0 Å². The molecule has 1 N–H and O–H groups in total. The van der Waals surface area contributed by atoms with Gasteiger partial charge < -0.3 is 10.1 Å². The molecule has 1 aromatic heterocycles. The van der Waals surface area contributed by atoms with Gasteiger partial charge in [0.25, 0.3) is 0 Å². The Labute approximate surface area is 130 Å². The quantitative estimate of drug-likeness (QED) is 0.844. The second-order valence-corrected chi connectivity index (χ2v) is 6.66. The van der Waals surface area contributed by atoms with E-state index in [1.807, 2.05) is 6.07 Å². The van der Waals surface area contributed by atoms with Crippen LogP contribution >= 0.6 is 11.3 Å². The van der Waals surface area contributed by atoms with Gasteiger partial charge in [0.1, 0.15) is 11.1 Å². The number of thiazole rings is 1. The molecule has 0 bridgehead atoms. The summed E-state index contributed by atoms with van der Waals surface area (Å²) in [4.78, 5) is 6.19. The van der Waals surface area contributed by atoms with Gasteiger partial charge in [-0.1, -0.05) is 30.3 Å². The zero-order chi connectivity index (χ0) is 14.7. The van der Waals surface area contributed by atoms with Crippen LogP contribution in [0.25, 0.3) is 11.3 Å². The molecule has 1 aromatic carbocycles. The third kappa shape index (κ3) is 3.70. The molecule has 21 heavy (non-hydrogen) atoms. The van der Waals surface area contributed by atoms with E-state index in [9.17, 15) is 0 Å². The van der Waals surface area contributed by atoms with Crippen molar-refractivity contribution in [2.24, 2.45) is 0 Å². The second kappa shape index (κ2) is 6.69. The molecule has 0 radical (unpaired) electrons. The maximum atomic E-state index is 5.43. The predicted octanol–water partition coefficient (Wildman–Crippen LogP) is 3.81. The Hall–Kier alpha value is -1.23. The first-order valence-electron chi connectivity index (χ1n) is 7.59. The number of nitrogens with zero attached hydrogens (tertiary/aromatic N) is 1. The van der Waals surface area contributed by atoms with Crippen molar-refractivity contribution in [1.82, 2.24) is 10.3 Å². The van der Waals surface area contributed by atoms with Gasteiger partial charge in [0.15, 0.2) is 0 Å². The zero-order valence-corrected chi connectivity index (χ0v) is 13.5. The molecular weight excluding hydrogens is 280 g/mol. The van der Waals surface area contributed by atoms with Gasteiger partial charge in [-0.2, -0.15) is 0 Å². The van der Waals surface area contributed by atoms with Gasteiger partial charge in [-0.25, -0.2) is 4.98 Å². The van der Waals surface area contributed by atoms with E-state index in [2.05, 4.69) is 36.5 Å². The average molecular weight is 302 g/mol. The smallest absolute Gasteiger partial charge is 0.122 e. The Morgan fingerprint density at radius 1 is 1.33 bits per heavy atom. The van der Waals surface area contributed by atoms with Gasteiger partial charge in [0.2, 0.25) is 0 Å². The standard InChI is InChI=1S/C17H22N2OS/c1-12(20-2)17-19-16(13-6-4-3-5-7-13)15(21-17)10-11-18-14-8-9-14/h3-7,12,14,18H,8-11H2,1-2H3. The van der Waals surface area contributed by atoms with Crippen LogP contribution in [0.5, 0.6) is 0 Å². The Kier molecular flexibility index (Phi) is 4.68. The Balaban J connectivity index is 1.82. The Morgan fingerprint density at radius 3 is 2.76 bits per heavy atom. The van der Waals surface area contributed by atoms with Crippen molar-refractivity contribution >= 4 is 11.3 Å². The summed E-state index contributed by atoms with van der Waals surface area (Å²) in [5.41, 5.74) is 2.32. The van der Waals surface area contributed by atoms with Crippen molar-refractivity contribution in [1.29, 1.82) is 0 Å². The van der Waals surface area contributed by atoms with E-state index in [4.69, 9.17) is 9.72 Å². The van der Waals surface area contributed by atoms with Crippen molar-refractivity contribution in [3.05, 3.63) is 40.2 Å². The summed E-state index contributed by atoms with van der Waals surface area (Å²) in [5, 5.41) is 4.65. The number of ether oxygens (including phenoxy) is 1. The van der Waals surface area contributed by atoms with E-state index in [1.165, 1.54) is 23.3 Å². The highest BCUT2D eigenvalue weighted by Crippen LogP contribution is 2.32. The van der Waals surface area contributed by atoms with Crippen molar-refractivity contribution in [2.45, 2.75) is 38.3 Å². The molecule has 1 fully saturated rings. The highest BCUT2D eigenvalue weighted by molar-refractivity contribution is 7.12. The van der Waals surface area contributed by atoms with Gasteiger partial charge in [-0.3, -0.25) is 0 Å². The van der Waals surface area contributed by atoms with E-state index in [-0.39, 0.29) is 6.10 Å². The van der Waals surface area contributed by atoms with E-state index in [1.54, 1.807) is 18.4 Å². The number of methoxy groups -OCH3 is 1. The fraction of sp³-hybridized carbons (Fsp3) is 0.471. The molecule has 1 atom stereocenters. The molecule has 1 unspecified atom stereocenters. The molecule has 0 spiro atoms. The fourth-order valence-electron chi connectivity index (χ4n) is 2.31. The van der Waals surface area contributed by atoms with Crippen LogP contribution in [0.4, 0.5) is 0 Å². The minimum Gasteiger partial charge on any atom is -0.375 e. The van der Waals surface area contributed by atoms with Crippen LogP contribution in [-0.2, 0) is 11.2 Å². The van der Waals surface area contributed by atoms with E-state index in [0.29, 0.717) is 0 Å². The molecule has 3 nitrogen and oxygen atoms in total. The summed E-state index contributed by atoms with van der Waals surface area (Å²) in [7, 11) is 1.74. The van der Waals surface area contributed by atoms with Crippen LogP contribution < -0.4 is 5.32 Å². The third-order valence-electron chi connectivity index (χ3n) is 3.82. The number of rotatable bonds is 7. The largest absolute Gasteiger partial charge is 0.375 e. The van der Waals surface area contributed by atoms with Gasteiger partial charge >= 0.3 is 0 Å². The monoisotopic (exact) mass is 302 g/mol. The van der Waals surface area contributed by atoms with E-state index in [0.717, 1.165) is 29.7 Å². The van der Waals surface area contributed by atoms with E-state index >= 15 is 0 Å². The van der Waals surface area contributed by atoms with Crippen LogP contribution in [0.15, 0.2) is 30.3 Å². The molecular formula is C17H22N2OS. The molecule has 0 aliphatic heterocycles. The molecule has 2 aromatic rings. The van der Waals surface area contributed by atoms with Crippen LogP contribution in [0.3, 0.4) is 0 Å². The van der Waals surface area contributed by atoms with Crippen LogP contribution in [0.1, 0.15) is 35.8 Å². The first-order valence-corrected chi connectivity index (χ1v) is 8.40. The van der Waals surface area contributed by atoms with Crippen molar-refractivity contribution < 1.29 is 4.74 Å². The maximum absolute atomic E-state index is 5.43. The molecule has 0 saturated heterocycles. The van der Waals surface area contributed by atoms with Gasteiger partial charge in [0.05, 0.1) is 5.69 Å². The molecule has 1 aliphatic rings. The highest BCUT2D eigenvalue weighted by atomic mass is 32.1. The Morgan fingerprint density at radius 2 is 2.10 bits per heavy atom. The summed E-state index contributed by atoms with van der Waals surface area (Å²) in [6, 6.07) is 11.2. The number of hydrogen-bond donors (Lipinski definition) is 1. The lowest BCUT2D eigenvalue weighted by Crippen LogP contribution is -2.19. The number of benzene rings is 1. The maximum Gasteiger partial charge on any atom is 0.122 e. The number of nitrogens with one attached hydrogen (secondary N) is 1. The minimum atomic E-state index is 0.0580. The summed E-state index contributed by atoms with van der Waals surface area (Å²) >= 11 is 1.78. The first-order chi connectivity index (χ1) is 10.3. The lowest BCUT2D eigenvalue weighted by Gasteiger charge is -2.03. The Bertz CT molecular complexity index is 578. The predicted molar refractivity (Wildman–Crippen MR) is 87.7 cm³/mol. The number of hydrogen-bond acceptors (Lipinski definition) is 4. The summed E-state index contributed by atoms with van der Waals surface area (Å²) in [6.45, 7) is 3.09. The van der Waals surface area contributed by atoms with Gasteiger partial charge in [-0.15, -0.1) is 11.3 Å². The molecule has 4 heteroatoms. The van der Waals surface area contributed by atoms with E-state index < -0.39 is 0 Å². The normalized spacial score (nSPS) is 16.1. The average Bonchev–Trinajstić information content (AvgIpc) is 3.25. The molecule has 3 rings (SSSR count).